The van der Waals surface area contributed by atoms with Crippen molar-refractivity contribution in [3.05, 3.63) is 12.8 Å². The first-order valence-corrected chi connectivity index (χ1v) is 2.86. The molecule has 0 unspecified atom stereocenters. The molecular formula is C4H7NS. The molecule has 0 heterocycles. The smallest absolute Gasteiger partial charge is 0.0593 e. The first-order chi connectivity index (χ1) is 2.91. The van der Waals surface area contributed by atoms with E-state index in [0.29, 0.717) is 0 Å². The number of hydrogen-bond acceptors (Lipinski definition) is 2. The molecule has 0 bridgehead atoms. The molecule has 0 N–H and O–H groups in total. The lowest BCUT2D eigenvalue weighted by Crippen LogP contribution is -1.51. The monoisotopic (exact) mass is 101 g/mol. The quantitative estimate of drug-likeness (QED) is 0.379. The molecule has 0 aliphatic rings. The molecule has 0 spiro atoms. The van der Waals surface area contributed by atoms with Crippen LogP contribution in [0.5, 0.6) is 0 Å². The van der Waals surface area contributed by atoms with Gasteiger partial charge in [-0.15, -0.1) is 11.8 Å². The van der Waals surface area contributed by atoms with Crippen LogP contribution in [-0.4, -0.2) is 11.8 Å². The van der Waals surface area contributed by atoms with Crippen molar-refractivity contribution in [2.75, 3.05) is 6.26 Å². The van der Waals surface area contributed by atoms with E-state index in [4.69, 9.17) is 0 Å². The summed E-state index contributed by atoms with van der Waals surface area (Å²) in [5.74, 6) is 0. The number of nitrogens with zero attached hydrogens (tertiary/aromatic N) is 1. The van der Waals surface area contributed by atoms with Gasteiger partial charge in [-0.2, -0.15) is 0 Å². The Labute approximate surface area is 42.2 Å². The molecule has 0 aromatic heterocycles. The molecule has 0 fully saturated rings. The lowest BCUT2D eigenvalue weighted by molar-refractivity contribution is 1.65. The van der Waals surface area contributed by atoms with Gasteiger partial charge in [-0.1, -0.05) is 6.58 Å². The van der Waals surface area contributed by atoms with Gasteiger partial charge in [0.05, 0.1) is 5.55 Å². The van der Waals surface area contributed by atoms with Crippen LogP contribution in [0.2, 0.25) is 0 Å². The first kappa shape index (κ1) is 5.76. The summed E-state index contributed by atoms with van der Waals surface area (Å²) in [6.07, 6.45) is 3.46. The molecule has 6 heavy (non-hydrogen) atoms. The molecule has 0 aromatic rings. The standard InChI is InChI=1S/C4H7NS/c1-3-5-4-6-2/h3-4H,1H2,2H3. The minimum absolute atomic E-state index is 1.51. The summed E-state index contributed by atoms with van der Waals surface area (Å²) in [5, 5.41) is 0. The Kier molecular flexibility index (Phi) is 4.57. The molecule has 0 saturated carbocycles. The van der Waals surface area contributed by atoms with Crippen molar-refractivity contribution in [2.45, 2.75) is 0 Å². The van der Waals surface area contributed by atoms with Gasteiger partial charge in [0.2, 0.25) is 0 Å². The summed E-state index contributed by atoms with van der Waals surface area (Å²) < 4.78 is 0. The minimum atomic E-state index is 1.51. The Balaban J connectivity index is 2.94. The molecule has 0 amide bonds. The number of thioether (sulfide) groups is 1. The lowest BCUT2D eigenvalue weighted by Gasteiger charge is -1.68. The molecule has 34 valence electrons. The second-order valence-electron chi connectivity index (χ2n) is 0.673. The largest absolute Gasteiger partial charge is 0.259 e. The molecule has 0 aliphatic heterocycles. The highest BCUT2D eigenvalue weighted by Crippen LogP contribution is 1.81. The molecule has 0 atom stereocenters. The van der Waals surface area contributed by atoms with E-state index in [1.54, 1.807) is 17.3 Å². The molecule has 0 rings (SSSR count). The second kappa shape index (κ2) is 4.76. The van der Waals surface area contributed by atoms with Gasteiger partial charge < -0.3 is 0 Å². The average Bonchev–Trinajstić information content (AvgIpc) is 1.61. The van der Waals surface area contributed by atoms with Crippen LogP contribution >= 0.6 is 11.8 Å². The minimum Gasteiger partial charge on any atom is -0.259 e. The summed E-state index contributed by atoms with van der Waals surface area (Å²) in [7, 11) is 0. The van der Waals surface area contributed by atoms with Crippen molar-refractivity contribution in [3.63, 3.8) is 0 Å². The average molecular weight is 101 g/mol. The van der Waals surface area contributed by atoms with Crippen LogP contribution in [0.1, 0.15) is 0 Å². The zero-order chi connectivity index (χ0) is 4.83. The Morgan fingerprint density at radius 3 is 2.67 bits per heavy atom. The van der Waals surface area contributed by atoms with E-state index in [0.717, 1.165) is 0 Å². The van der Waals surface area contributed by atoms with Crippen LogP contribution in [0.25, 0.3) is 0 Å². The third kappa shape index (κ3) is 3.76. The summed E-state index contributed by atoms with van der Waals surface area (Å²) in [5.41, 5.74) is 1.73. The van der Waals surface area contributed by atoms with E-state index in [2.05, 4.69) is 11.6 Å². The Bertz CT molecular complexity index is 58.6. The molecule has 2 heteroatoms. The molecule has 0 radical (unpaired) electrons. The van der Waals surface area contributed by atoms with Crippen molar-refractivity contribution >= 4 is 17.3 Å². The van der Waals surface area contributed by atoms with Gasteiger partial charge in [0.25, 0.3) is 0 Å². The highest BCUT2D eigenvalue weighted by Gasteiger charge is 1.55. The molecule has 0 aromatic carbocycles. The van der Waals surface area contributed by atoms with Crippen molar-refractivity contribution in [2.24, 2.45) is 4.99 Å². The van der Waals surface area contributed by atoms with E-state index in [1.165, 1.54) is 6.20 Å². The van der Waals surface area contributed by atoms with Crippen LogP contribution < -0.4 is 0 Å². The van der Waals surface area contributed by atoms with Crippen molar-refractivity contribution in [1.82, 2.24) is 0 Å². The molecule has 0 saturated heterocycles. The van der Waals surface area contributed by atoms with Gasteiger partial charge in [0, 0.05) is 6.20 Å². The van der Waals surface area contributed by atoms with Gasteiger partial charge in [-0.05, 0) is 6.26 Å². The maximum Gasteiger partial charge on any atom is 0.0593 e. The summed E-state index contributed by atoms with van der Waals surface area (Å²) in [6, 6.07) is 0. The maximum absolute atomic E-state index is 3.69. The Morgan fingerprint density at radius 2 is 2.50 bits per heavy atom. The molecule has 1 nitrogen and oxygen atoms in total. The van der Waals surface area contributed by atoms with E-state index in [1.807, 2.05) is 6.26 Å². The lowest BCUT2D eigenvalue weighted by atomic mass is 11.1. The van der Waals surface area contributed by atoms with Gasteiger partial charge in [-0.3, -0.25) is 4.99 Å². The van der Waals surface area contributed by atoms with Crippen molar-refractivity contribution in [3.8, 4) is 0 Å². The van der Waals surface area contributed by atoms with Crippen LogP contribution in [0, 0.1) is 0 Å². The first-order valence-electron chi connectivity index (χ1n) is 1.57. The van der Waals surface area contributed by atoms with E-state index in [9.17, 15) is 0 Å². The zero-order valence-corrected chi connectivity index (χ0v) is 4.53. The third-order valence-electron chi connectivity index (χ3n) is 0.272. The number of rotatable bonds is 2. The predicted octanol–water partition coefficient (Wildman–Crippen LogP) is 1.52. The van der Waals surface area contributed by atoms with Crippen molar-refractivity contribution < 1.29 is 0 Å². The fourth-order valence-electron chi connectivity index (χ4n) is 0.104. The fraction of sp³-hybridized carbons (Fsp3) is 0.250. The van der Waals surface area contributed by atoms with Crippen LogP contribution in [-0.2, 0) is 0 Å². The van der Waals surface area contributed by atoms with E-state index in [-0.39, 0.29) is 0 Å². The maximum atomic E-state index is 3.69. The second-order valence-corrected chi connectivity index (χ2v) is 1.35. The molecular weight excluding hydrogens is 94.1 g/mol. The Hall–Kier alpha value is -0.240. The summed E-state index contributed by atoms with van der Waals surface area (Å²) in [4.78, 5) is 3.69. The van der Waals surface area contributed by atoms with Gasteiger partial charge in [0.1, 0.15) is 0 Å². The third-order valence-corrected chi connectivity index (χ3v) is 0.604. The van der Waals surface area contributed by atoms with Gasteiger partial charge in [0.15, 0.2) is 0 Å². The molecule has 0 aliphatic carbocycles. The van der Waals surface area contributed by atoms with E-state index < -0.39 is 0 Å². The van der Waals surface area contributed by atoms with Crippen LogP contribution in [0.4, 0.5) is 0 Å². The SMILES string of the molecule is C=CN=CSC. The topological polar surface area (TPSA) is 12.4 Å². The summed E-state index contributed by atoms with van der Waals surface area (Å²) >= 11 is 1.56. The predicted molar refractivity (Wildman–Crippen MR) is 32.2 cm³/mol. The fourth-order valence-corrected chi connectivity index (χ4v) is 0.312. The van der Waals surface area contributed by atoms with Crippen LogP contribution in [0.3, 0.4) is 0 Å². The van der Waals surface area contributed by atoms with Gasteiger partial charge in [-0.25, -0.2) is 0 Å². The Morgan fingerprint density at radius 1 is 1.83 bits per heavy atom. The summed E-state index contributed by atoms with van der Waals surface area (Å²) in [6.45, 7) is 3.39. The highest BCUT2D eigenvalue weighted by atomic mass is 32.2. The van der Waals surface area contributed by atoms with Gasteiger partial charge >= 0.3 is 0 Å². The normalized spacial score (nSPS) is 9.50. The van der Waals surface area contributed by atoms with Crippen LogP contribution in [0.15, 0.2) is 17.8 Å². The van der Waals surface area contributed by atoms with E-state index >= 15 is 0 Å². The number of hydrogen-bond donors (Lipinski definition) is 0. The zero-order valence-electron chi connectivity index (χ0n) is 3.72. The number of aliphatic imine (C=N–C) groups is 1. The highest BCUT2D eigenvalue weighted by molar-refractivity contribution is 8.11. The van der Waals surface area contributed by atoms with Crippen molar-refractivity contribution in [1.29, 1.82) is 0 Å².